The lowest BCUT2D eigenvalue weighted by Gasteiger charge is -2.02. The number of furan rings is 1. The zero-order chi connectivity index (χ0) is 22.1. The van der Waals surface area contributed by atoms with E-state index in [0.29, 0.717) is 22.8 Å². The summed E-state index contributed by atoms with van der Waals surface area (Å²) in [6, 6.07) is 14.6. The third-order valence-electron chi connectivity index (χ3n) is 4.88. The van der Waals surface area contributed by atoms with Crippen molar-refractivity contribution in [2.45, 2.75) is 20.0 Å². The predicted octanol–water partition coefficient (Wildman–Crippen LogP) is 2.43. The minimum absolute atomic E-state index is 0.225. The zero-order valence-corrected chi connectivity index (χ0v) is 17.1. The quantitative estimate of drug-likeness (QED) is 0.439. The minimum Gasteiger partial charge on any atom is -0.467 e. The van der Waals surface area contributed by atoms with Crippen LogP contribution in [0.2, 0.25) is 0 Å². The predicted molar refractivity (Wildman–Crippen MR) is 113 cm³/mol. The van der Waals surface area contributed by atoms with Crippen LogP contribution in [0.15, 0.2) is 74.7 Å². The van der Waals surface area contributed by atoms with Gasteiger partial charge in [0.2, 0.25) is 11.7 Å². The van der Waals surface area contributed by atoms with Crippen molar-refractivity contribution in [3.05, 3.63) is 82.8 Å². The Labute approximate surface area is 181 Å². The summed E-state index contributed by atoms with van der Waals surface area (Å²) >= 11 is 0. The summed E-state index contributed by atoms with van der Waals surface area (Å²) in [7, 11) is 0. The molecule has 0 spiro atoms. The number of hydrogen-bond acceptors (Lipinski definition) is 7. The Morgan fingerprint density at radius 1 is 1.16 bits per heavy atom. The van der Waals surface area contributed by atoms with Gasteiger partial charge in [-0.1, -0.05) is 28.9 Å². The second kappa shape index (κ2) is 7.99. The molecule has 0 aliphatic rings. The third kappa shape index (κ3) is 3.69. The van der Waals surface area contributed by atoms with Crippen LogP contribution in [0.1, 0.15) is 11.3 Å². The molecule has 0 unspecified atom stereocenters. The Kier molecular flexibility index (Phi) is 4.86. The summed E-state index contributed by atoms with van der Waals surface area (Å²) in [6.07, 6.45) is 3.10. The van der Waals surface area contributed by atoms with Crippen molar-refractivity contribution >= 4 is 11.6 Å². The molecule has 0 fully saturated rings. The molecule has 1 amide bonds. The standard InChI is InChI=1S/C22H18N6O4/c1-14-5-2-6-15(11-14)19-24-21(32-26-19)17-8-3-9-27-20(17)25-28(22(27)30)13-18(29)23-12-16-7-4-10-31-16/h2-11H,12-13H2,1H3,(H,23,29). The van der Waals surface area contributed by atoms with Gasteiger partial charge in [-0.3, -0.25) is 4.79 Å². The molecule has 32 heavy (non-hydrogen) atoms. The molecule has 5 aromatic rings. The fourth-order valence-electron chi connectivity index (χ4n) is 3.33. The number of aromatic nitrogens is 5. The van der Waals surface area contributed by atoms with Gasteiger partial charge in [0, 0.05) is 11.8 Å². The van der Waals surface area contributed by atoms with E-state index in [1.54, 1.807) is 30.5 Å². The van der Waals surface area contributed by atoms with Crippen LogP contribution in [-0.4, -0.2) is 30.2 Å². The number of carbonyl (C=O) groups excluding carboxylic acids is 1. The smallest absolute Gasteiger partial charge is 0.350 e. The molecule has 4 aromatic heterocycles. The molecule has 10 nitrogen and oxygen atoms in total. The molecule has 10 heteroatoms. The van der Waals surface area contributed by atoms with Crippen LogP contribution in [-0.2, 0) is 17.9 Å². The van der Waals surface area contributed by atoms with Gasteiger partial charge >= 0.3 is 5.69 Å². The zero-order valence-electron chi connectivity index (χ0n) is 17.1. The highest BCUT2D eigenvalue weighted by Crippen LogP contribution is 2.24. The maximum atomic E-state index is 12.7. The maximum absolute atomic E-state index is 12.7. The first kappa shape index (κ1) is 19.5. The van der Waals surface area contributed by atoms with Gasteiger partial charge in [-0.15, -0.1) is 5.10 Å². The fraction of sp³-hybridized carbons (Fsp3) is 0.136. The number of benzene rings is 1. The normalized spacial score (nSPS) is 11.2. The number of pyridine rings is 1. The lowest BCUT2D eigenvalue weighted by molar-refractivity contribution is -0.122. The van der Waals surface area contributed by atoms with Gasteiger partial charge in [-0.2, -0.15) is 4.98 Å². The van der Waals surface area contributed by atoms with E-state index in [0.717, 1.165) is 15.8 Å². The van der Waals surface area contributed by atoms with Gasteiger partial charge in [0.1, 0.15) is 12.3 Å². The molecule has 0 saturated heterocycles. The van der Waals surface area contributed by atoms with Gasteiger partial charge in [0.05, 0.1) is 18.4 Å². The van der Waals surface area contributed by atoms with E-state index in [9.17, 15) is 9.59 Å². The summed E-state index contributed by atoms with van der Waals surface area (Å²) in [5, 5.41) is 11.1. The van der Waals surface area contributed by atoms with Crippen LogP contribution in [0.25, 0.3) is 28.5 Å². The van der Waals surface area contributed by atoms with Gasteiger partial charge in [0.15, 0.2) is 5.65 Å². The molecule has 1 aromatic carbocycles. The third-order valence-corrected chi connectivity index (χ3v) is 4.88. The van der Waals surface area contributed by atoms with Crippen molar-refractivity contribution in [3.63, 3.8) is 0 Å². The highest BCUT2D eigenvalue weighted by molar-refractivity contribution is 5.76. The first-order chi connectivity index (χ1) is 15.6. The van der Waals surface area contributed by atoms with Crippen molar-refractivity contribution in [3.8, 4) is 22.8 Å². The van der Waals surface area contributed by atoms with Crippen molar-refractivity contribution in [1.29, 1.82) is 0 Å². The number of hydrogen-bond donors (Lipinski definition) is 1. The maximum Gasteiger partial charge on any atom is 0.350 e. The van der Waals surface area contributed by atoms with E-state index < -0.39 is 5.69 Å². The van der Waals surface area contributed by atoms with Crippen LogP contribution in [0, 0.1) is 6.92 Å². The average Bonchev–Trinajstić information content (AvgIpc) is 3.54. The number of carbonyl (C=O) groups is 1. The molecule has 0 bridgehead atoms. The van der Waals surface area contributed by atoms with E-state index in [4.69, 9.17) is 8.94 Å². The second-order valence-corrected chi connectivity index (χ2v) is 7.20. The van der Waals surface area contributed by atoms with E-state index in [1.807, 2.05) is 31.2 Å². The van der Waals surface area contributed by atoms with Crippen LogP contribution in [0.5, 0.6) is 0 Å². The molecule has 1 N–H and O–H groups in total. The van der Waals surface area contributed by atoms with Crippen molar-refractivity contribution in [1.82, 2.24) is 29.6 Å². The van der Waals surface area contributed by atoms with Crippen molar-refractivity contribution in [2.24, 2.45) is 0 Å². The highest BCUT2D eigenvalue weighted by Gasteiger charge is 2.18. The fourth-order valence-corrected chi connectivity index (χ4v) is 3.33. The van der Waals surface area contributed by atoms with E-state index in [-0.39, 0.29) is 24.9 Å². The summed E-state index contributed by atoms with van der Waals surface area (Å²) in [5.41, 5.74) is 2.25. The Hall–Kier alpha value is -4.47. The lowest BCUT2D eigenvalue weighted by Crippen LogP contribution is -2.32. The van der Waals surface area contributed by atoms with E-state index >= 15 is 0 Å². The van der Waals surface area contributed by atoms with Crippen LogP contribution >= 0.6 is 0 Å². The van der Waals surface area contributed by atoms with Crippen molar-refractivity contribution in [2.75, 3.05) is 0 Å². The highest BCUT2D eigenvalue weighted by atomic mass is 16.5. The first-order valence-corrected chi connectivity index (χ1v) is 9.87. The van der Waals surface area contributed by atoms with E-state index in [1.165, 1.54) is 10.7 Å². The summed E-state index contributed by atoms with van der Waals surface area (Å²) < 4.78 is 13.1. The van der Waals surface area contributed by atoms with Crippen LogP contribution in [0.3, 0.4) is 0 Å². The number of amides is 1. The summed E-state index contributed by atoms with van der Waals surface area (Å²) in [4.78, 5) is 29.5. The molecule has 0 aliphatic heterocycles. The van der Waals surface area contributed by atoms with E-state index in [2.05, 4.69) is 20.6 Å². The largest absolute Gasteiger partial charge is 0.467 e. The van der Waals surface area contributed by atoms with Gasteiger partial charge in [-0.25, -0.2) is 13.9 Å². The topological polar surface area (TPSA) is 120 Å². The monoisotopic (exact) mass is 430 g/mol. The molecule has 5 rings (SSSR count). The van der Waals surface area contributed by atoms with Gasteiger partial charge < -0.3 is 14.3 Å². The average molecular weight is 430 g/mol. The van der Waals surface area contributed by atoms with Gasteiger partial charge in [-0.05, 0) is 37.3 Å². The SMILES string of the molecule is Cc1cccc(-c2noc(-c3cccn4c(=O)n(CC(=O)NCc5ccco5)nc34)n2)c1. The number of fused-ring (bicyclic) bond motifs is 1. The molecule has 4 heterocycles. The Morgan fingerprint density at radius 3 is 2.88 bits per heavy atom. The molecule has 0 radical (unpaired) electrons. The molecule has 0 aliphatic carbocycles. The molecule has 0 atom stereocenters. The molecular weight excluding hydrogens is 412 g/mol. The summed E-state index contributed by atoms with van der Waals surface area (Å²) in [5.74, 6) is 0.910. The first-order valence-electron chi connectivity index (χ1n) is 9.87. The number of rotatable bonds is 6. The number of aryl methyl sites for hydroxylation is 1. The molecule has 0 saturated carbocycles. The van der Waals surface area contributed by atoms with Crippen LogP contribution in [0.4, 0.5) is 0 Å². The van der Waals surface area contributed by atoms with Crippen LogP contribution < -0.4 is 11.0 Å². The second-order valence-electron chi connectivity index (χ2n) is 7.20. The summed E-state index contributed by atoms with van der Waals surface area (Å²) in [6.45, 7) is 1.97. The Bertz CT molecular complexity index is 1460. The van der Waals surface area contributed by atoms with Gasteiger partial charge in [0.25, 0.3) is 5.89 Å². The number of nitrogens with zero attached hydrogens (tertiary/aromatic N) is 5. The molecule has 160 valence electrons. The van der Waals surface area contributed by atoms with Crippen molar-refractivity contribution < 1.29 is 13.7 Å². The Morgan fingerprint density at radius 2 is 2.06 bits per heavy atom. The molecular formula is C22H18N6O4. The Balaban J connectivity index is 1.43. The minimum atomic E-state index is -0.451. The number of nitrogens with one attached hydrogen (secondary N) is 1. The lowest BCUT2D eigenvalue weighted by atomic mass is 10.1.